The van der Waals surface area contributed by atoms with E-state index in [1.807, 2.05) is 0 Å². The number of amides is 1. The lowest BCUT2D eigenvalue weighted by molar-refractivity contribution is -0.214. The predicted octanol–water partition coefficient (Wildman–Crippen LogP) is 7.33. The molecule has 1 saturated carbocycles. The van der Waals surface area contributed by atoms with Crippen LogP contribution in [0.4, 0.5) is 26.3 Å². The van der Waals surface area contributed by atoms with Gasteiger partial charge < -0.3 is 10.0 Å². The number of rotatable bonds is 8. The summed E-state index contributed by atoms with van der Waals surface area (Å²) < 4.78 is 85.0. The Kier molecular flexibility index (Phi) is 9.15. The Morgan fingerprint density at radius 1 is 1.07 bits per heavy atom. The van der Waals surface area contributed by atoms with E-state index in [1.54, 1.807) is 0 Å². The first-order chi connectivity index (χ1) is 18.7. The van der Waals surface area contributed by atoms with E-state index in [0.29, 0.717) is 15.8 Å². The highest BCUT2D eigenvalue weighted by Gasteiger charge is 2.50. The highest BCUT2D eigenvalue weighted by Crippen LogP contribution is 2.44. The van der Waals surface area contributed by atoms with Crippen molar-refractivity contribution in [2.24, 2.45) is 10.8 Å². The molecule has 0 bridgehead atoms. The second kappa shape index (κ2) is 11.5. The van der Waals surface area contributed by atoms with Gasteiger partial charge in [0.15, 0.2) is 11.5 Å². The van der Waals surface area contributed by atoms with Crippen molar-refractivity contribution in [3.63, 3.8) is 0 Å². The fourth-order valence-electron chi connectivity index (χ4n) is 4.73. The van der Waals surface area contributed by atoms with Crippen LogP contribution in [0.2, 0.25) is 10.0 Å². The molecule has 1 aliphatic rings. The number of aromatic nitrogens is 2. The van der Waals surface area contributed by atoms with E-state index in [4.69, 9.17) is 23.2 Å². The minimum Gasteiger partial charge on any atom is -0.481 e. The third-order valence-corrected chi connectivity index (χ3v) is 8.06. The van der Waals surface area contributed by atoms with E-state index in [0.717, 1.165) is 13.8 Å². The number of hydrogen-bond acceptors (Lipinski definition) is 4. The minimum atomic E-state index is -5.16. The molecular weight excluding hydrogens is 603 g/mol. The summed E-state index contributed by atoms with van der Waals surface area (Å²) in [5.74, 6) is -3.56. The molecule has 0 saturated heterocycles. The molecule has 1 fully saturated rings. The van der Waals surface area contributed by atoms with Crippen molar-refractivity contribution >= 4 is 40.9 Å². The molecule has 0 aliphatic heterocycles. The molecule has 1 aromatic heterocycles. The average Bonchev–Trinajstić information content (AvgIpc) is 3.28. The molecule has 3 rings (SSSR count). The highest BCUT2D eigenvalue weighted by molar-refractivity contribution is 6.40. The number of benzene rings is 1. The monoisotopic (exact) mass is 629 g/mol. The van der Waals surface area contributed by atoms with Gasteiger partial charge in [0, 0.05) is 6.54 Å². The van der Waals surface area contributed by atoms with Crippen molar-refractivity contribution in [1.82, 2.24) is 14.7 Å². The molecule has 41 heavy (non-hydrogen) atoms. The molecule has 7 nitrogen and oxygen atoms in total. The van der Waals surface area contributed by atoms with Gasteiger partial charge >= 0.3 is 18.3 Å². The molecule has 1 aromatic carbocycles. The van der Waals surface area contributed by atoms with Crippen molar-refractivity contribution in [2.45, 2.75) is 64.8 Å². The van der Waals surface area contributed by atoms with Gasteiger partial charge in [0.25, 0.3) is 5.91 Å². The first-order valence-corrected chi connectivity index (χ1v) is 13.2. The summed E-state index contributed by atoms with van der Waals surface area (Å²) in [6.45, 7) is 0.763. The number of carboxylic acid groups (broad SMARTS) is 1. The lowest BCUT2D eigenvalue weighted by Crippen LogP contribution is -2.47. The molecule has 0 spiro atoms. The summed E-state index contributed by atoms with van der Waals surface area (Å²) in [7, 11) is 0. The standard InChI is InChI=1S/C26H27Cl2F6N3O4/c1-23(2,26(32,33)34)13-36(12-18(38)19-16(27)5-4-6-17(19)28)21(39)15-11-35-37(20(15)25(29,30)31)14-7-9-24(3,10-8-14)22(40)41/h4-6,11,14H,7-10,12-13H2,1-3H3,(H,40,41)/t14-,24-. The van der Waals surface area contributed by atoms with E-state index < -0.39 is 71.2 Å². The number of carbonyl (C=O) groups excluding carboxylic acids is 2. The number of carboxylic acids is 1. The molecule has 15 heteroatoms. The summed E-state index contributed by atoms with van der Waals surface area (Å²) in [4.78, 5) is 38.6. The quantitative estimate of drug-likeness (QED) is 0.244. The number of hydrogen-bond donors (Lipinski definition) is 1. The van der Waals surface area contributed by atoms with Crippen molar-refractivity contribution in [1.29, 1.82) is 0 Å². The van der Waals surface area contributed by atoms with Crippen LogP contribution in [0.15, 0.2) is 24.4 Å². The van der Waals surface area contributed by atoms with Gasteiger partial charge in [-0.05, 0) is 58.6 Å². The maximum atomic E-state index is 14.4. The van der Waals surface area contributed by atoms with Crippen LogP contribution in [-0.4, -0.2) is 56.7 Å². The normalized spacial score (nSPS) is 20.1. The van der Waals surface area contributed by atoms with Gasteiger partial charge in [-0.15, -0.1) is 0 Å². The van der Waals surface area contributed by atoms with E-state index in [9.17, 15) is 45.8 Å². The Balaban J connectivity index is 2.05. The SMILES string of the molecule is CC(C)(CN(CC(=O)c1c(Cl)cccc1Cl)C(=O)c1cnn([C@H]2CC[C@](C)(C(=O)O)CC2)c1C(F)(F)F)C(F)(F)F. The van der Waals surface area contributed by atoms with E-state index >= 15 is 0 Å². The number of nitrogens with zero attached hydrogens (tertiary/aromatic N) is 3. The summed E-state index contributed by atoms with van der Waals surface area (Å²) in [5, 5.41) is 12.9. The first-order valence-electron chi connectivity index (χ1n) is 12.4. The van der Waals surface area contributed by atoms with Gasteiger partial charge in [-0.2, -0.15) is 31.4 Å². The molecule has 226 valence electrons. The molecule has 1 amide bonds. The van der Waals surface area contributed by atoms with Crippen LogP contribution in [0.25, 0.3) is 0 Å². The zero-order valence-corrected chi connectivity index (χ0v) is 23.7. The fourth-order valence-corrected chi connectivity index (χ4v) is 5.34. The lowest BCUT2D eigenvalue weighted by Gasteiger charge is -2.35. The molecule has 1 N–H and O–H groups in total. The third kappa shape index (κ3) is 6.82. The molecule has 0 unspecified atom stereocenters. The largest absolute Gasteiger partial charge is 0.481 e. The van der Waals surface area contributed by atoms with Gasteiger partial charge in [0.05, 0.1) is 50.8 Å². The second-order valence-corrected chi connectivity index (χ2v) is 11.8. The van der Waals surface area contributed by atoms with Gasteiger partial charge in [0.1, 0.15) is 0 Å². The van der Waals surface area contributed by atoms with E-state index in [-0.39, 0.29) is 41.3 Å². The van der Waals surface area contributed by atoms with Crippen molar-refractivity contribution < 1.29 is 45.8 Å². The number of halogens is 8. The number of Topliss-reactive ketones (excluding diaryl/α,β-unsaturated/α-hetero) is 1. The summed E-state index contributed by atoms with van der Waals surface area (Å²) in [5.41, 5.74) is -6.59. The number of ketones is 1. The van der Waals surface area contributed by atoms with Crippen LogP contribution in [0, 0.1) is 10.8 Å². The fraction of sp³-hybridized carbons (Fsp3) is 0.538. The Morgan fingerprint density at radius 2 is 1.61 bits per heavy atom. The van der Waals surface area contributed by atoms with Crippen LogP contribution in [0.5, 0.6) is 0 Å². The summed E-state index contributed by atoms with van der Waals surface area (Å²) in [6.07, 6.45) is -9.32. The van der Waals surface area contributed by atoms with Crippen LogP contribution >= 0.6 is 23.2 Å². The average molecular weight is 630 g/mol. The Labute approximate surface area is 241 Å². The molecule has 1 heterocycles. The summed E-state index contributed by atoms with van der Waals surface area (Å²) >= 11 is 12.1. The van der Waals surface area contributed by atoms with Crippen LogP contribution in [-0.2, 0) is 11.0 Å². The predicted molar refractivity (Wildman–Crippen MR) is 137 cm³/mol. The smallest absolute Gasteiger partial charge is 0.433 e. The Morgan fingerprint density at radius 3 is 2.07 bits per heavy atom. The van der Waals surface area contributed by atoms with Crippen molar-refractivity contribution in [3.8, 4) is 0 Å². The molecule has 0 atom stereocenters. The number of alkyl halides is 6. The number of aliphatic carboxylic acids is 1. The number of carbonyl (C=O) groups is 3. The zero-order valence-electron chi connectivity index (χ0n) is 22.2. The van der Waals surface area contributed by atoms with Crippen LogP contribution in [0.1, 0.15) is 78.9 Å². The first kappa shape index (κ1) is 32.7. The van der Waals surface area contributed by atoms with Crippen LogP contribution < -0.4 is 0 Å². The minimum absolute atomic E-state index is 0.00943. The topological polar surface area (TPSA) is 92.5 Å². The zero-order chi connectivity index (χ0) is 31.1. The Hall–Kier alpha value is -2.80. The third-order valence-electron chi connectivity index (χ3n) is 7.43. The molecule has 2 aromatic rings. The second-order valence-electron chi connectivity index (χ2n) is 11.0. The van der Waals surface area contributed by atoms with Crippen molar-refractivity contribution in [2.75, 3.05) is 13.1 Å². The van der Waals surface area contributed by atoms with E-state index in [1.165, 1.54) is 25.1 Å². The highest BCUT2D eigenvalue weighted by atomic mass is 35.5. The maximum absolute atomic E-state index is 14.4. The van der Waals surface area contributed by atoms with Gasteiger partial charge in [-0.25, -0.2) is 0 Å². The lowest BCUT2D eigenvalue weighted by atomic mass is 9.74. The maximum Gasteiger partial charge on any atom is 0.433 e. The van der Waals surface area contributed by atoms with Gasteiger partial charge in [0.2, 0.25) is 0 Å². The van der Waals surface area contributed by atoms with Crippen molar-refractivity contribution in [3.05, 3.63) is 51.3 Å². The van der Waals surface area contributed by atoms with Gasteiger partial charge in [-0.1, -0.05) is 29.3 Å². The molecular formula is C26H27Cl2F6N3O4. The van der Waals surface area contributed by atoms with E-state index in [2.05, 4.69) is 5.10 Å². The van der Waals surface area contributed by atoms with Crippen LogP contribution in [0.3, 0.4) is 0 Å². The summed E-state index contributed by atoms with van der Waals surface area (Å²) in [6, 6.07) is 3.07. The molecule has 1 aliphatic carbocycles. The molecule has 0 radical (unpaired) electrons. The van der Waals surface area contributed by atoms with Gasteiger partial charge in [-0.3, -0.25) is 19.1 Å². The Bertz CT molecular complexity index is 1310.